The Balaban J connectivity index is 1.42. The summed E-state index contributed by atoms with van der Waals surface area (Å²) in [4.78, 5) is 16.8. The van der Waals surface area contributed by atoms with Crippen molar-refractivity contribution in [2.24, 2.45) is 0 Å². The number of para-hydroxylation sites is 2. The van der Waals surface area contributed by atoms with Gasteiger partial charge in [0.1, 0.15) is 12.4 Å². The summed E-state index contributed by atoms with van der Waals surface area (Å²) in [6, 6.07) is 24.5. The van der Waals surface area contributed by atoms with E-state index in [1.54, 1.807) is 24.8 Å². The second-order valence-corrected chi connectivity index (χ2v) is 8.35. The molecule has 0 amide bonds. The molecule has 0 aliphatic carbocycles. The number of fused-ring (bicyclic) bond motifs is 2. The number of hydrogen-bond donors (Lipinski definition) is 0. The Morgan fingerprint density at radius 1 is 0.848 bits per heavy atom. The Labute approximate surface area is 199 Å². The maximum atomic E-state index is 12.0. The first-order valence-corrected chi connectivity index (χ1v) is 11.9. The van der Waals surface area contributed by atoms with Crippen LogP contribution in [0, 0.1) is 0 Å². The third-order valence-electron chi connectivity index (χ3n) is 5.07. The van der Waals surface area contributed by atoms with Crippen molar-refractivity contribution in [3.8, 4) is 5.75 Å². The summed E-state index contributed by atoms with van der Waals surface area (Å²) in [6.45, 7) is 5.58. The van der Waals surface area contributed by atoms with Crippen molar-refractivity contribution in [2.75, 3.05) is 31.3 Å². The zero-order valence-electron chi connectivity index (χ0n) is 18.8. The Hall–Kier alpha value is -3.38. The summed E-state index contributed by atoms with van der Waals surface area (Å²) in [5.41, 5.74) is 3.25. The standard InChI is InChI=1S/C27H27NO4S/c1-3-30-24(27(29)31-4-2)19-20-13-15-21(16-14-20)32-18-17-28-22-9-5-7-11-25(22)33-26-12-8-6-10-23(26)28/h5-16,19H,3-4,17-18H2,1-2H3. The summed E-state index contributed by atoms with van der Waals surface area (Å²) >= 11 is 1.80. The zero-order valence-corrected chi connectivity index (χ0v) is 19.6. The van der Waals surface area contributed by atoms with Crippen molar-refractivity contribution in [3.63, 3.8) is 0 Å². The number of carbonyl (C=O) groups is 1. The second-order valence-electron chi connectivity index (χ2n) is 7.27. The Morgan fingerprint density at radius 3 is 2.06 bits per heavy atom. The van der Waals surface area contributed by atoms with Crippen LogP contribution in [0.25, 0.3) is 6.08 Å². The van der Waals surface area contributed by atoms with E-state index < -0.39 is 5.97 Å². The van der Waals surface area contributed by atoms with Crippen LogP contribution in [0.4, 0.5) is 11.4 Å². The van der Waals surface area contributed by atoms with Gasteiger partial charge in [-0.25, -0.2) is 4.79 Å². The molecule has 1 aliphatic heterocycles. The van der Waals surface area contributed by atoms with E-state index in [0.29, 0.717) is 19.8 Å². The van der Waals surface area contributed by atoms with Crippen LogP contribution in [-0.4, -0.2) is 32.3 Å². The van der Waals surface area contributed by atoms with Crippen LogP contribution in [0.2, 0.25) is 0 Å². The molecule has 4 rings (SSSR count). The Morgan fingerprint density at radius 2 is 1.45 bits per heavy atom. The molecule has 0 saturated heterocycles. The van der Waals surface area contributed by atoms with Crippen molar-refractivity contribution in [1.82, 2.24) is 0 Å². The maximum Gasteiger partial charge on any atom is 0.373 e. The van der Waals surface area contributed by atoms with Crippen LogP contribution >= 0.6 is 11.8 Å². The number of benzene rings is 3. The van der Waals surface area contributed by atoms with E-state index in [2.05, 4.69) is 53.4 Å². The molecule has 170 valence electrons. The average Bonchev–Trinajstić information content (AvgIpc) is 2.84. The topological polar surface area (TPSA) is 48.0 Å². The molecule has 1 heterocycles. The van der Waals surface area contributed by atoms with Gasteiger partial charge >= 0.3 is 5.97 Å². The summed E-state index contributed by atoms with van der Waals surface area (Å²) in [5, 5.41) is 0. The van der Waals surface area contributed by atoms with Crippen LogP contribution in [0.15, 0.2) is 88.3 Å². The van der Waals surface area contributed by atoms with E-state index in [9.17, 15) is 4.79 Å². The molecule has 3 aromatic rings. The highest BCUT2D eigenvalue weighted by atomic mass is 32.2. The fourth-order valence-corrected chi connectivity index (χ4v) is 4.70. The van der Waals surface area contributed by atoms with E-state index in [0.717, 1.165) is 17.9 Å². The van der Waals surface area contributed by atoms with Crippen LogP contribution in [0.1, 0.15) is 19.4 Å². The van der Waals surface area contributed by atoms with E-state index >= 15 is 0 Å². The van der Waals surface area contributed by atoms with Crippen molar-refractivity contribution in [3.05, 3.63) is 84.1 Å². The molecule has 3 aromatic carbocycles. The third kappa shape index (κ3) is 5.52. The molecule has 1 aliphatic rings. The molecule has 0 bridgehead atoms. The fourth-order valence-electron chi connectivity index (χ4n) is 3.61. The van der Waals surface area contributed by atoms with E-state index in [1.165, 1.54) is 21.2 Å². The van der Waals surface area contributed by atoms with Crippen LogP contribution in [0.3, 0.4) is 0 Å². The molecule has 0 N–H and O–H groups in total. The zero-order chi connectivity index (χ0) is 23.0. The molecular formula is C27H27NO4S. The molecule has 0 atom stereocenters. The lowest BCUT2D eigenvalue weighted by atomic mass is 10.2. The van der Waals surface area contributed by atoms with Crippen LogP contribution in [0.5, 0.6) is 5.75 Å². The van der Waals surface area contributed by atoms with Crippen molar-refractivity contribution in [1.29, 1.82) is 0 Å². The predicted molar refractivity (Wildman–Crippen MR) is 132 cm³/mol. The van der Waals surface area contributed by atoms with E-state index in [-0.39, 0.29) is 5.76 Å². The number of anilines is 2. The number of nitrogens with zero attached hydrogens (tertiary/aromatic N) is 1. The van der Waals surface area contributed by atoms with Gasteiger partial charge in [-0.2, -0.15) is 0 Å². The lowest BCUT2D eigenvalue weighted by Crippen LogP contribution is -2.26. The van der Waals surface area contributed by atoms with Crippen LogP contribution in [-0.2, 0) is 14.3 Å². The van der Waals surface area contributed by atoms with Crippen molar-refractivity contribution in [2.45, 2.75) is 23.6 Å². The Kier molecular flexibility index (Phi) is 7.58. The van der Waals surface area contributed by atoms with Gasteiger partial charge in [-0.05, 0) is 61.9 Å². The van der Waals surface area contributed by atoms with Gasteiger partial charge in [0.05, 0.1) is 31.1 Å². The van der Waals surface area contributed by atoms with E-state index in [1.807, 2.05) is 31.2 Å². The Bertz CT molecular complexity index is 1080. The highest BCUT2D eigenvalue weighted by molar-refractivity contribution is 7.99. The minimum Gasteiger partial charge on any atom is -0.492 e. The lowest BCUT2D eigenvalue weighted by Gasteiger charge is -2.32. The second kappa shape index (κ2) is 11.0. The van der Waals surface area contributed by atoms with Gasteiger partial charge in [-0.15, -0.1) is 0 Å². The summed E-state index contributed by atoms with van der Waals surface area (Å²) in [7, 11) is 0. The predicted octanol–water partition coefficient (Wildman–Crippen LogP) is 6.31. The highest BCUT2D eigenvalue weighted by Crippen LogP contribution is 2.47. The van der Waals surface area contributed by atoms with Gasteiger partial charge in [-0.3, -0.25) is 0 Å². The number of carbonyl (C=O) groups excluding carboxylic acids is 1. The normalized spacial score (nSPS) is 12.5. The highest BCUT2D eigenvalue weighted by Gasteiger charge is 2.22. The molecule has 33 heavy (non-hydrogen) atoms. The fraction of sp³-hybridized carbons (Fsp3) is 0.222. The lowest BCUT2D eigenvalue weighted by molar-refractivity contribution is -0.142. The summed E-state index contributed by atoms with van der Waals surface area (Å²) in [6.07, 6.45) is 1.69. The molecule has 0 spiro atoms. The molecule has 0 saturated carbocycles. The number of rotatable bonds is 9. The molecule has 0 fully saturated rings. The van der Waals surface area contributed by atoms with Crippen molar-refractivity contribution >= 4 is 35.2 Å². The smallest absolute Gasteiger partial charge is 0.373 e. The van der Waals surface area contributed by atoms with Gasteiger partial charge in [0, 0.05) is 9.79 Å². The number of ether oxygens (including phenoxy) is 3. The molecule has 6 heteroatoms. The van der Waals surface area contributed by atoms with Gasteiger partial charge in [0.25, 0.3) is 0 Å². The van der Waals surface area contributed by atoms with E-state index in [4.69, 9.17) is 14.2 Å². The molecule has 5 nitrogen and oxygen atoms in total. The summed E-state index contributed by atoms with van der Waals surface area (Å²) in [5.74, 6) is 0.516. The summed E-state index contributed by atoms with van der Waals surface area (Å²) < 4.78 is 16.5. The first-order chi connectivity index (χ1) is 16.2. The first-order valence-electron chi connectivity index (χ1n) is 11.1. The van der Waals surface area contributed by atoms with Gasteiger partial charge < -0.3 is 19.1 Å². The van der Waals surface area contributed by atoms with Crippen LogP contribution < -0.4 is 9.64 Å². The molecular weight excluding hydrogens is 434 g/mol. The quantitative estimate of drug-likeness (QED) is 0.211. The SMILES string of the molecule is CCOC(=O)C(=Cc1ccc(OCCN2c3ccccc3Sc3ccccc32)cc1)OCC. The monoisotopic (exact) mass is 461 g/mol. The minimum atomic E-state index is -0.458. The largest absolute Gasteiger partial charge is 0.492 e. The number of hydrogen-bond acceptors (Lipinski definition) is 6. The average molecular weight is 462 g/mol. The third-order valence-corrected chi connectivity index (χ3v) is 6.20. The minimum absolute atomic E-state index is 0.202. The maximum absolute atomic E-state index is 12.0. The van der Waals surface area contributed by atoms with Crippen molar-refractivity contribution < 1.29 is 19.0 Å². The molecule has 0 aromatic heterocycles. The first kappa shape index (κ1) is 22.8. The van der Waals surface area contributed by atoms with Gasteiger partial charge in [-0.1, -0.05) is 48.2 Å². The molecule has 0 radical (unpaired) electrons. The molecule has 0 unspecified atom stereocenters. The van der Waals surface area contributed by atoms with Gasteiger partial charge in [0.15, 0.2) is 0 Å². The van der Waals surface area contributed by atoms with Gasteiger partial charge in [0.2, 0.25) is 5.76 Å². The number of esters is 1.